The van der Waals surface area contributed by atoms with Crippen LogP contribution in [0.5, 0.6) is 0 Å². The molecular weight excluding hydrogens is 374 g/mol. The Hall–Kier alpha value is -3.54. The van der Waals surface area contributed by atoms with Gasteiger partial charge in [0.25, 0.3) is 5.56 Å². The summed E-state index contributed by atoms with van der Waals surface area (Å²) in [4.78, 5) is 31.5. The summed E-state index contributed by atoms with van der Waals surface area (Å²) in [7, 11) is 0. The van der Waals surface area contributed by atoms with Crippen molar-refractivity contribution >= 4 is 17.0 Å². The average Bonchev–Trinajstić information content (AvgIpc) is 2.80. The number of rotatable bonds is 4. The average molecular weight is 397 g/mol. The van der Waals surface area contributed by atoms with E-state index < -0.39 is 0 Å². The van der Waals surface area contributed by atoms with E-state index in [0.717, 1.165) is 43.6 Å². The van der Waals surface area contributed by atoms with Crippen molar-refractivity contribution in [3.63, 3.8) is 0 Å². The van der Waals surface area contributed by atoms with E-state index in [1.54, 1.807) is 12.4 Å². The van der Waals surface area contributed by atoms with Gasteiger partial charge in [0, 0.05) is 31.0 Å². The fourth-order valence-electron chi connectivity index (χ4n) is 4.23. The molecular formula is C24H23N5O. The van der Waals surface area contributed by atoms with Gasteiger partial charge in [0.05, 0.1) is 11.1 Å². The molecule has 6 heteroatoms. The van der Waals surface area contributed by atoms with Crippen LogP contribution in [0.15, 0.2) is 71.8 Å². The van der Waals surface area contributed by atoms with Crippen molar-refractivity contribution < 1.29 is 0 Å². The van der Waals surface area contributed by atoms with Gasteiger partial charge < -0.3 is 4.90 Å². The number of hydrogen-bond acceptors (Lipinski definition) is 5. The predicted octanol–water partition coefficient (Wildman–Crippen LogP) is 3.84. The van der Waals surface area contributed by atoms with E-state index in [4.69, 9.17) is 0 Å². The van der Waals surface area contributed by atoms with E-state index in [-0.39, 0.29) is 5.56 Å². The highest BCUT2D eigenvalue weighted by atomic mass is 16.1. The van der Waals surface area contributed by atoms with Crippen LogP contribution in [0.25, 0.3) is 22.3 Å². The zero-order valence-corrected chi connectivity index (χ0v) is 16.7. The summed E-state index contributed by atoms with van der Waals surface area (Å²) in [6.45, 7) is 1.76. The number of piperidine rings is 1. The van der Waals surface area contributed by atoms with Gasteiger partial charge in [-0.05, 0) is 48.9 Å². The molecule has 0 amide bonds. The van der Waals surface area contributed by atoms with Gasteiger partial charge in [0.15, 0.2) is 5.65 Å². The lowest BCUT2D eigenvalue weighted by molar-refractivity contribution is 0.400. The molecule has 0 atom stereocenters. The number of aromatic amines is 1. The third-order valence-electron chi connectivity index (χ3n) is 5.82. The van der Waals surface area contributed by atoms with Crippen molar-refractivity contribution in [2.24, 2.45) is 5.92 Å². The molecule has 0 spiro atoms. The maximum absolute atomic E-state index is 13.0. The second-order valence-corrected chi connectivity index (χ2v) is 7.78. The maximum Gasteiger partial charge on any atom is 0.262 e. The summed E-state index contributed by atoms with van der Waals surface area (Å²) in [5.41, 5.74) is 3.17. The summed E-state index contributed by atoms with van der Waals surface area (Å²) in [5, 5.41) is 0.485. The zero-order valence-electron chi connectivity index (χ0n) is 16.7. The number of hydrogen-bond donors (Lipinski definition) is 1. The molecule has 3 aromatic heterocycles. The molecule has 0 aliphatic carbocycles. The first-order valence-electron chi connectivity index (χ1n) is 10.4. The Bertz CT molecular complexity index is 1200. The van der Waals surface area contributed by atoms with Crippen molar-refractivity contribution in [1.82, 2.24) is 19.9 Å². The Morgan fingerprint density at radius 3 is 2.50 bits per heavy atom. The Balaban J connectivity index is 1.38. The molecule has 150 valence electrons. The minimum absolute atomic E-state index is 0.171. The smallest absolute Gasteiger partial charge is 0.262 e. The van der Waals surface area contributed by atoms with Gasteiger partial charge in [0.1, 0.15) is 0 Å². The molecule has 0 unspecified atom stereocenters. The number of benzene rings is 1. The number of nitrogens with one attached hydrogen (secondary N) is 1. The predicted molar refractivity (Wildman–Crippen MR) is 118 cm³/mol. The second-order valence-electron chi connectivity index (χ2n) is 7.78. The lowest BCUT2D eigenvalue weighted by atomic mass is 9.90. The second kappa shape index (κ2) is 8.06. The molecule has 1 fully saturated rings. The molecule has 1 N–H and O–H groups in total. The summed E-state index contributed by atoms with van der Waals surface area (Å²) in [6, 6.07) is 18.1. The first-order valence-corrected chi connectivity index (χ1v) is 10.4. The third-order valence-corrected chi connectivity index (χ3v) is 5.82. The Morgan fingerprint density at radius 1 is 0.933 bits per heavy atom. The van der Waals surface area contributed by atoms with Crippen LogP contribution in [0.1, 0.15) is 18.4 Å². The van der Waals surface area contributed by atoms with E-state index in [1.807, 2.05) is 24.3 Å². The van der Waals surface area contributed by atoms with Crippen molar-refractivity contribution in [2.45, 2.75) is 19.3 Å². The summed E-state index contributed by atoms with van der Waals surface area (Å²) >= 11 is 0. The molecule has 6 nitrogen and oxygen atoms in total. The minimum atomic E-state index is -0.171. The van der Waals surface area contributed by atoms with Crippen LogP contribution in [0.3, 0.4) is 0 Å². The fraction of sp³-hybridized carbons (Fsp3) is 0.250. The van der Waals surface area contributed by atoms with Gasteiger partial charge >= 0.3 is 0 Å². The molecule has 1 saturated heterocycles. The first-order chi connectivity index (χ1) is 14.8. The molecule has 1 aliphatic heterocycles. The number of H-pyrrole nitrogens is 1. The molecule has 4 heterocycles. The summed E-state index contributed by atoms with van der Waals surface area (Å²) < 4.78 is 0. The first kappa shape index (κ1) is 18.5. The van der Waals surface area contributed by atoms with Gasteiger partial charge in [-0.1, -0.05) is 36.4 Å². The van der Waals surface area contributed by atoms with Gasteiger partial charge in [-0.3, -0.25) is 14.8 Å². The molecule has 30 heavy (non-hydrogen) atoms. The molecule has 1 aromatic carbocycles. The van der Waals surface area contributed by atoms with Crippen molar-refractivity contribution in [2.75, 3.05) is 18.0 Å². The summed E-state index contributed by atoms with van der Waals surface area (Å²) in [5.74, 6) is 1.26. The van der Waals surface area contributed by atoms with Gasteiger partial charge in [0.2, 0.25) is 5.95 Å². The molecule has 4 aromatic rings. The van der Waals surface area contributed by atoms with Crippen LogP contribution in [0.2, 0.25) is 0 Å². The molecule has 0 bridgehead atoms. The van der Waals surface area contributed by atoms with Gasteiger partial charge in [-0.25, -0.2) is 4.98 Å². The minimum Gasteiger partial charge on any atom is -0.342 e. The normalized spacial score (nSPS) is 14.9. The standard InChI is InChI=1S/C24H23N5O/c30-23-21-19(20-8-4-5-12-25-20)9-13-26-22(21)27-24(28-23)29-14-10-18(11-15-29)16-17-6-2-1-3-7-17/h1-9,12-13,18H,10-11,14-16H2,(H,26,27,28,30). The number of nitrogens with zero attached hydrogens (tertiary/aromatic N) is 4. The Morgan fingerprint density at radius 2 is 1.73 bits per heavy atom. The third kappa shape index (κ3) is 3.68. The van der Waals surface area contributed by atoms with Crippen LogP contribution in [0, 0.1) is 5.92 Å². The summed E-state index contributed by atoms with van der Waals surface area (Å²) in [6.07, 6.45) is 6.67. The van der Waals surface area contributed by atoms with Crippen LogP contribution < -0.4 is 10.5 Å². The molecule has 0 radical (unpaired) electrons. The monoisotopic (exact) mass is 397 g/mol. The largest absolute Gasteiger partial charge is 0.342 e. The zero-order chi connectivity index (χ0) is 20.3. The highest BCUT2D eigenvalue weighted by molar-refractivity contribution is 5.90. The van der Waals surface area contributed by atoms with Gasteiger partial charge in [-0.2, -0.15) is 4.98 Å². The highest BCUT2D eigenvalue weighted by Gasteiger charge is 2.22. The topological polar surface area (TPSA) is 74.8 Å². The number of aromatic nitrogens is 4. The molecule has 0 saturated carbocycles. The fourth-order valence-corrected chi connectivity index (χ4v) is 4.23. The molecule has 5 rings (SSSR count). The number of fused-ring (bicyclic) bond motifs is 1. The Kier molecular flexibility index (Phi) is 4.97. The van der Waals surface area contributed by atoms with E-state index in [1.165, 1.54) is 5.56 Å². The van der Waals surface area contributed by atoms with Crippen LogP contribution >= 0.6 is 0 Å². The van der Waals surface area contributed by atoms with Crippen molar-refractivity contribution in [3.8, 4) is 11.3 Å². The van der Waals surface area contributed by atoms with Crippen LogP contribution in [0.4, 0.5) is 5.95 Å². The van der Waals surface area contributed by atoms with Crippen molar-refractivity contribution in [3.05, 3.63) is 82.9 Å². The maximum atomic E-state index is 13.0. The lowest BCUT2D eigenvalue weighted by Crippen LogP contribution is -2.36. The number of anilines is 1. The van der Waals surface area contributed by atoms with Crippen molar-refractivity contribution in [1.29, 1.82) is 0 Å². The van der Waals surface area contributed by atoms with E-state index >= 15 is 0 Å². The molecule has 1 aliphatic rings. The van der Waals surface area contributed by atoms with Gasteiger partial charge in [-0.15, -0.1) is 0 Å². The number of pyridine rings is 2. The quantitative estimate of drug-likeness (QED) is 0.566. The van der Waals surface area contributed by atoms with E-state index in [9.17, 15) is 4.79 Å². The van der Waals surface area contributed by atoms with E-state index in [0.29, 0.717) is 22.9 Å². The SMILES string of the molecule is O=c1[nH]c(N2CCC(Cc3ccccc3)CC2)nc2nccc(-c3ccccn3)c12. The highest BCUT2D eigenvalue weighted by Crippen LogP contribution is 2.26. The Labute approximate surface area is 174 Å². The lowest BCUT2D eigenvalue weighted by Gasteiger charge is -2.32. The van der Waals surface area contributed by atoms with E-state index in [2.05, 4.69) is 55.2 Å². The van der Waals surface area contributed by atoms with Crippen LogP contribution in [-0.4, -0.2) is 33.0 Å². The van der Waals surface area contributed by atoms with Crippen LogP contribution in [-0.2, 0) is 6.42 Å².